The van der Waals surface area contributed by atoms with Gasteiger partial charge in [-0.1, -0.05) is 6.42 Å². The van der Waals surface area contributed by atoms with E-state index in [0.29, 0.717) is 19.4 Å². The summed E-state index contributed by atoms with van der Waals surface area (Å²) in [5, 5.41) is 0. The van der Waals surface area contributed by atoms with Crippen LogP contribution in [0, 0.1) is 0 Å². The first-order valence-electron chi connectivity index (χ1n) is 5.51. The van der Waals surface area contributed by atoms with E-state index in [-0.39, 0.29) is 17.8 Å². The third kappa shape index (κ3) is 8.12. The van der Waals surface area contributed by atoms with Crippen molar-refractivity contribution in [2.24, 2.45) is 5.73 Å². The van der Waals surface area contributed by atoms with Gasteiger partial charge in [0.25, 0.3) is 0 Å². The maximum Gasteiger partial charge on any atom is 0.305 e. The van der Waals surface area contributed by atoms with Crippen molar-refractivity contribution in [3.63, 3.8) is 0 Å². The fourth-order valence-electron chi connectivity index (χ4n) is 1.21. The number of ether oxygens (including phenoxy) is 1. The van der Waals surface area contributed by atoms with Crippen molar-refractivity contribution >= 4 is 11.8 Å². The molecule has 0 saturated carbocycles. The van der Waals surface area contributed by atoms with Crippen LogP contribution < -0.4 is 5.73 Å². The highest BCUT2D eigenvalue weighted by Crippen LogP contribution is 2.05. The molecular formula is C11H21NO3. The van der Waals surface area contributed by atoms with Gasteiger partial charge in [0.2, 0.25) is 0 Å². The average Bonchev–Trinajstić information content (AvgIpc) is 2.17. The van der Waals surface area contributed by atoms with Gasteiger partial charge in [0.15, 0.2) is 0 Å². The molecule has 0 aromatic rings. The third-order valence-electron chi connectivity index (χ3n) is 2.12. The SMILES string of the molecule is CCOC(=O)CCCCCC(=O)C(C)N. The molecule has 0 aliphatic carbocycles. The van der Waals surface area contributed by atoms with E-state index >= 15 is 0 Å². The predicted molar refractivity (Wildman–Crippen MR) is 58.4 cm³/mol. The lowest BCUT2D eigenvalue weighted by molar-refractivity contribution is -0.143. The van der Waals surface area contributed by atoms with Crippen LogP contribution in [0.2, 0.25) is 0 Å². The Labute approximate surface area is 91.2 Å². The van der Waals surface area contributed by atoms with Crippen LogP contribution in [0.15, 0.2) is 0 Å². The molecule has 0 aliphatic rings. The molecule has 0 aromatic heterocycles. The molecule has 2 N–H and O–H groups in total. The second-order valence-electron chi connectivity index (χ2n) is 3.62. The van der Waals surface area contributed by atoms with E-state index in [1.807, 2.05) is 0 Å². The Morgan fingerprint density at radius 1 is 1.20 bits per heavy atom. The van der Waals surface area contributed by atoms with E-state index in [9.17, 15) is 9.59 Å². The number of nitrogens with two attached hydrogens (primary N) is 1. The first-order valence-corrected chi connectivity index (χ1v) is 5.51. The minimum Gasteiger partial charge on any atom is -0.466 e. The highest BCUT2D eigenvalue weighted by Gasteiger charge is 2.07. The molecule has 1 atom stereocenters. The Kier molecular flexibility index (Phi) is 7.91. The van der Waals surface area contributed by atoms with Crippen LogP contribution in [-0.2, 0) is 14.3 Å². The highest BCUT2D eigenvalue weighted by molar-refractivity contribution is 5.83. The molecule has 0 rings (SSSR count). The summed E-state index contributed by atoms with van der Waals surface area (Å²) in [5.41, 5.74) is 5.41. The van der Waals surface area contributed by atoms with E-state index in [2.05, 4.69) is 0 Å². The lowest BCUT2D eigenvalue weighted by Gasteiger charge is -2.04. The zero-order valence-electron chi connectivity index (χ0n) is 9.62. The van der Waals surface area contributed by atoms with Crippen molar-refractivity contribution < 1.29 is 14.3 Å². The molecule has 4 nitrogen and oxygen atoms in total. The fraction of sp³-hybridized carbons (Fsp3) is 0.818. The number of ketones is 1. The number of rotatable bonds is 8. The molecule has 88 valence electrons. The van der Waals surface area contributed by atoms with Crippen LogP contribution in [0.4, 0.5) is 0 Å². The van der Waals surface area contributed by atoms with Crippen LogP contribution in [0.1, 0.15) is 46.0 Å². The molecule has 4 heteroatoms. The van der Waals surface area contributed by atoms with Crippen LogP contribution in [0.5, 0.6) is 0 Å². The zero-order chi connectivity index (χ0) is 11.7. The van der Waals surface area contributed by atoms with Gasteiger partial charge in [-0.2, -0.15) is 0 Å². The zero-order valence-corrected chi connectivity index (χ0v) is 9.62. The Balaban J connectivity index is 3.32. The average molecular weight is 215 g/mol. The summed E-state index contributed by atoms with van der Waals surface area (Å²) in [6.07, 6.45) is 3.42. The van der Waals surface area contributed by atoms with E-state index in [0.717, 1.165) is 19.3 Å². The molecule has 0 radical (unpaired) electrons. The number of esters is 1. The fourth-order valence-corrected chi connectivity index (χ4v) is 1.21. The maximum atomic E-state index is 11.1. The van der Waals surface area contributed by atoms with E-state index in [1.54, 1.807) is 13.8 Å². The van der Waals surface area contributed by atoms with Crippen molar-refractivity contribution in [1.29, 1.82) is 0 Å². The number of hydrogen-bond acceptors (Lipinski definition) is 4. The summed E-state index contributed by atoms with van der Waals surface area (Å²) in [6.45, 7) is 3.92. The monoisotopic (exact) mass is 215 g/mol. The summed E-state index contributed by atoms with van der Waals surface area (Å²) in [5.74, 6) is -0.0674. The molecule has 15 heavy (non-hydrogen) atoms. The van der Waals surface area contributed by atoms with E-state index in [4.69, 9.17) is 10.5 Å². The molecule has 0 aliphatic heterocycles. The number of Topliss-reactive ketones (excluding diaryl/α,β-unsaturated/α-hetero) is 1. The van der Waals surface area contributed by atoms with Gasteiger partial charge in [-0.15, -0.1) is 0 Å². The largest absolute Gasteiger partial charge is 0.466 e. The molecule has 0 spiro atoms. The Morgan fingerprint density at radius 3 is 2.33 bits per heavy atom. The van der Waals surface area contributed by atoms with Gasteiger partial charge in [0.1, 0.15) is 5.78 Å². The van der Waals surface area contributed by atoms with Crippen LogP contribution in [0.3, 0.4) is 0 Å². The lowest BCUT2D eigenvalue weighted by Crippen LogP contribution is -2.26. The number of carbonyl (C=O) groups excluding carboxylic acids is 2. The Morgan fingerprint density at radius 2 is 1.80 bits per heavy atom. The number of unbranched alkanes of at least 4 members (excludes halogenated alkanes) is 2. The third-order valence-corrected chi connectivity index (χ3v) is 2.12. The lowest BCUT2D eigenvalue weighted by atomic mass is 10.1. The molecule has 0 fully saturated rings. The second-order valence-corrected chi connectivity index (χ2v) is 3.62. The summed E-state index contributed by atoms with van der Waals surface area (Å²) in [6, 6.07) is -0.366. The summed E-state index contributed by atoms with van der Waals surface area (Å²) in [4.78, 5) is 22.1. The number of hydrogen-bond donors (Lipinski definition) is 1. The van der Waals surface area contributed by atoms with Crippen LogP contribution in [0.25, 0.3) is 0 Å². The smallest absolute Gasteiger partial charge is 0.305 e. The quantitative estimate of drug-likeness (QED) is 0.491. The van der Waals surface area contributed by atoms with Gasteiger partial charge in [-0.3, -0.25) is 9.59 Å². The van der Waals surface area contributed by atoms with Gasteiger partial charge in [0.05, 0.1) is 12.6 Å². The minimum absolute atomic E-state index is 0.0890. The normalized spacial score (nSPS) is 12.2. The van der Waals surface area contributed by atoms with E-state index < -0.39 is 0 Å². The molecule has 1 unspecified atom stereocenters. The van der Waals surface area contributed by atoms with Gasteiger partial charge in [0, 0.05) is 12.8 Å². The topological polar surface area (TPSA) is 69.4 Å². The van der Waals surface area contributed by atoms with Crippen LogP contribution in [-0.4, -0.2) is 24.4 Å². The summed E-state index contributed by atoms with van der Waals surface area (Å²) in [7, 11) is 0. The summed E-state index contributed by atoms with van der Waals surface area (Å²) >= 11 is 0. The van der Waals surface area contributed by atoms with Gasteiger partial charge in [-0.05, 0) is 26.7 Å². The van der Waals surface area contributed by atoms with Crippen molar-refractivity contribution in [2.75, 3.05) is 6.61 Å². The molecular weight excluding hydrogens is 194 g/mol. The second kappa shape index (κ2) is 8.41. The maximum absolute atomic E-state index is 11.1. The standard InChI is InChI=1S/C11H21NO3/c1-3-15-11(14)8-6-4-5-7-10(13)9(2)12/h9H,3-8,12H2,1-2H3. The Bertz CT molecular complexity index is 202. The molecule has 0 saturated heterocycles. The predicted octanol–water partition coefficient (Wildman–Crippen LogP) is 1.42. The molecule has 0 amide bonds. The number of carbonyl (C=O) groups is 2. The van der Waals surface area contributed by atoms with Gasteiger partial charge in [-0.25, -0.2) is 0 Å². The summed E-state index contributed by atoms with van der Waals surface area (Å²) < 4.78 is 4.78. The van der Waals surface area contributed by atoms with Crippen LogP contribution >= 0.6 is 0 Å². The van der Waals surface area contributed by atoms with Gasteiger partial charge < -0.3 is 10.5 Å². The molecule has 0 bridgehead atoms. The van der Waals surface area contributed by atoms with Crippen molar-refractivity contribution in [1.82, 2.24) is 0 Å². The first kappa shape index (κ1) is 14.1. The minimum atomic E-state index is -0.366. The van der Waals surface area contributed by atoms with E-state index in [1.165, 1.54) is 0 Å². The Hall–Kier alpha value is -0.900. The first-order chi connectivity index (χ1) is 7.07. The van der Waals surface area contributed by atoms with Crippen molar-refractivity contribution in [2.45, 2.75) is 52.0 Å². The van der Waals surface area contributed by atoms with Crippen molar-refractivity contribution in [3.8, 4) is 0 Å². The molecule has 0 heterocycles. The molecule has 0 aromatic carbocycles. The van der Waals surface area contributed by atoms with Gasteiger partial charge >= 0.3 is 5.97 Å². The van der Waals surface area contributed by atoms with Crippen molar-refractivity contribution in [3.05, 3.63) is 0 Å². The highest BCUT2D eigenvalue weighted by atomic mass is 16.5.